The van der Waals surface area contributed by atoms with Crippen LogP contribution < -0.4 is 5.73 Å². The Bertz CT molecular complexity index is 345. The molecule has 1 heterocycles. The van der Waals surface area contributed by atoms with Crippen LogP contribution in [0.15, 0.2) is 6.20 Å². The molecule has 1 aromatic heterocycles. The first kappa shape index (κ1) is 10.7. The zero-order valence-corrected chi connectivity index (χ0v) is 8.86. The lowest BCUT2D eigenvalue weighted by Crippen LogP contribution is -2.05. The number of rotatable bonds is 3. The van der Waals surface area contributed by atoms with Crippen LogP contribution >= 0.6 is 0 Å². The van der Waals surface area contributed by atoms with Crippen LogP contribution in [0.4, 0.5) is 0 Å². The minimum atomic E-state index is -0.176. The first-order valence-corrected chi connectivity index (χ1v) is 4.83. The van der Waals surface area contributed by atoms with Gasteiger partial charge in [0.15, 0.2) is 0 Å². The number of nitrogens with zero attached hydrogens (tertiary/aromatic N) is 3. The smallest absolute Gasteiger partial charge is 0.119 e. The molecule has 0 amide bonds. The van der Waals surface area contributed by atoms with Crippen molar-refractivity contribution in [1.82, 2.24) is 9.55 Å². The maximum absolute atomic E-state index is 8.83. The fourth-order valence-electron chi connectivity index (χ4n) is 1.33. The fraction of sp³-hybridized carbons (Fsp3) is 0.600. The minimum absolute atomic E-state index is 0.0764. The van der Waals surface area contributed by atoms with E-state index in [1.165, 1.54) is 0 Å². The normalized spacial score (nSPS) is 14.8. The molecule has 4 nitrogen and oxygen atoms in total. The summed E-state index contributed by atoms with van der Waals surface area (Å²) < 4.78 is 1.89. The number of aryl methyl sites for hydroxylation is 1. The quantitative estimate of drug-likeness (QED) is 0.790. The van der Waals surface area contributed by atoms with E-state index in [1.807, 2.05) is 31.5 Å². The van der Waals surface area contributed by atoms with Crippen LogP contribution in [0.2, 0.25) is 0 Å². The Labute approximate surface area is 84.4 Å². The predicted octanol–water partition coefficient (Wildman–Crippen LogP) is 1.55. The lowest BCUT2D eigenvalue weighted by Gasteiger charge is -2.06. The summed E-state index contributed by atoms with van der Waals surface area (Å²) in [5, 5.41) is 8.83. The Kier molecular flexibility index (Phi) is 3.26. The highest BCUT2D eigenvalue weighted by atomic mass is 15.1. The zero-order valence-electron chi connectivity index (χ0n) is 8.86. The van der Waals surface area contributed by atoms with Crippen molar-refractivity contribution in [2.75, 3.05) is 0 Å². The first-order valence-electron chi connectivity index (χ1n) is 4.83. The van der Waals surface area contributed by atoms with Gasteiger partial charge in [0.25, 0.3) is 0 Å². The number of nitriles is 1. The molecule has 1 unspecified atom stereocenters. The van der Waals surface area contributed by atoms with Gasteiger partial charge in [0, 0.05) is 18.7 Å². The highest BCUT2D eigenvalue weighted by Gasteiger charge is 2.12. The summed E-state index contributed by atoms with van der Waals surface area (Å²) in [4.78, 5) is 4.38. The van der Waals surface area contributed by atoms with Crippen LogP contribution in [0, 0.1) is 11.3 Å². The van der Waals surface area contributed by atoms with Gasteiger partial charge in [-0.1, -0.05) is 6.92 Å². The molecule has 0 aromatic carbocycles. The molecule has 76 valence electrons. The van der Waals surface area contributed by atoms with Gasteiger partial charge in [-0.05, 0) is 13.8 Å². The van der Waals surface area contributed by atoms with E-state index in [0.717, 1.165) is 17.9 Å². The third-order valence-corrected chi connectivity index (χ3v) is 2.21. The molecule has 0 aliphatic carbocycles. The van der Waals surface area contributed by atoms with Crippen LogP contribution in [0.25, 0.3) is 0 Å². The van der Waals surface area contributed by atoms with Crippen molar-refractivity contribution < 1.29 is 0 Å². The standard InChI is InChI=1S/C10H16N4/c1-4-10-13-9(8(3)12)6-14(10)7(2)5-11/h6-8H,4,12H2,1-3H3/t7?,8-/m0/s1. The van der Waals surface area contributed by atoms with E-state index in [-0.39, 0.29) is 12.1 Å². The molecule has 1 rings (SSSR count). The van der Waals surface area contributed by atoms with Gasteiger partial charge in [0.2, 0.25) is 0 Å². The van der Waals surface area contributed by atoms with Crippen molar-refractivity contribution in [2.24, 2.45) is 5.73 Å². The summed E-state index contributed by atoms with van der Waals surface area (Å²) in [5.41, 5.74) is 6.58. The van der Waals surface area contributed by atoms with Gasteiger partial charge in [-0.2, -0.15) is 5.26 Å². The van der Waals surface area contributed by atoms with Crippen LogP contribution in [0.1, 0.15) is 44.4 Å². The molecule has 2 N–H and O–H groups in total. The molecular weight excluding hydrogens is 176 g/mol. The maximum Gasteiger partial charge on any atom is 0.119 e. The van der Waals surface area contributed by atoms with Crippen molar-refractivity contribution in [1.29, 1.82) is 5.26 Å². The minimum Gasteiger partial charge on any atom is -0.323 e. The Morgan fingerprint density at radius 1 is 1.64 bits per heavy atom. The molecule has 0 saturated heterocycles. The van der Waals surface area contributed by atoms with Gasteiger partial charge in [-0.3, -0.25) is 0 Å². The van der Waals surface area contributed by atoms with E-state index in [4.69, 9.17) is 11.0 Å². The SMILES string of the molecule is CCc1nc([C@H](C)N)cn1C(C)C#N. The van der Waals surface area contributed by atoms with Gasteiger partial charge in [-0.25, -0.2) is 4.98 Å². The molecular formula is C10H16N4. The van der Waals surface area contributed by atoms with Crippen molar-refractivity contribution in [2.45, 2.75) is 39.3 Å². The Hall–Kier alpha value is -1.34. The summed E-state index contributed by atoms with van der Waals surface area (Å²) >= 11 is 0. The van der Waals surface area contributed by atoms with E-state index < -0.39 is 0 Å². The summed E-state index contributed by atoms with van der Waals surface area (Å²) in [6, 6.07) is 1.94. The lowest BCUT2D eigenvalue weighted by molar-refractivity contribution is 0.633. The van der Waals surface area contributed by atoms with Crippen LogP contribution in [-0.4, -0.2) is 9.55 Å². The summed E-state index contributed by atoms with van der Waals surface area (Å²) in [7, 11) is 0. The first-order chi connectivity index (χ1) is 6.60. The molecule has 2 atom stereocenters. The fourth-order valence-corrected chi connectivity index (χ4v) is 1.33. The number of nitrogens with two attached hydrogens (primary N) is 1. The van der Waals surface area contributed by atoms with Gasteiger partial charge < -0.3 is 10.3 Å². The van der Waals surface area contributed by atoms with Gasteiger partial charge in [0.05, 0.1) is 11.8 Å². The largest absolute Gasteiger partial charge is 0.323 e. The van der Waals surface area contributed by atoms with Crippen molar-refractivity contribution in [3.63, 3.8) is 0 Å². The third-order valence-electron chi connectivity index (χ3n) is 2.21. The lowest BCUT2D eigenvalue weighted by atomic mass is 10.3. The second-order valence-electron chi connectivity index (χ2n) is 3.44. The average Bonchev–Trinajstić information content (AvgIpc) is 2.60. The van der Waals surface area contributed by atoms with E-state index in [9.17, 15) is 0 Å². The highest BCUT2D eigenvalue weighted by Crippen LogP contribution is 2.15. The maximum atomic E-state index is 8.83. The van der Waals surface area contributed by atoms with E-state index in [1.54, 1.807) is 0 Å². The van der Waals surface area contributed by atoms with Crippen molar-refractivity contribution >= 4 is 0 Å². The van der Waals surface area contributed by atoms with Crippen molar-refractivity contribution in [3.05, 3.63) is 17.7 Å². The number of imidazole rings is 1. The third kappa shape index (κ3) is 1.94. The molecule has 14 heavy (non-hydrogen) atoms. The molecule has 1 aromatic rings. The van der Waals surface area contributed by atoms with Crippen LogP contribution in [-0.2, 0) is 6.42 Å². The molecule has 0 bridgehead atoms. The molecule has 4 heteroatoms. The second kappa shape index (κ2) is 4.25. The Morgan fingerprint density at radius 2 is 2.29 bits per heavy atom. The highest BCUT2D eigenvalue weighted by molar-refractivity contribution is 5.11. The van der Waals surface area contributed by atoms with Crippen molar-refractivity contribution in [3.8, 4) is 6.07 Å². The number of hydrogen-bond acceptors (Lipinski definition) is 3. The zero-order chi connectivity index (χ0) is 10.7. The molecule has 0 saturated carbocycles. The van der Waals surface area contributed by atoms with Gasteiger partial charge >= 0.3 is 0 Å². The Balaban J connectivity index is 3.10. The van der Waals surface area contributed by atoms with E-state index in [2.05, 4.69) is 11.1 Å². The molecule has 0 radical (unpaired) electrons. The molecule has 0 aliphatic heterocycles. The van der Waals surface area contributed by atoms with E-state index >= 15 is 0 Å². The summed E-state index contributed by atoms with van der Waals surface area (Å²) in [5.74, 6) is 0.923. The Morgan fingerprint density at radius 3 is 2.71 bits per heavy atom. The number of aromatic nitrogens is 2. The second-order valence-corrected chi connectivity index (χ2v) is 3.44. The predicted molar refractivity (Wildman–Crippen MR) is 54.5 cm³/mol. The number of hydrogen-bond donors (Lipinski definition) is 1. The summed E-state index contributed by atoms with van der Waals surface area (Å²) in [6.45, 7) is 5.77. The molecule has 0 aliphatic rings. The van der Waals surface area contributed by atoms with Crippen LogP contribution in [0.5, 0.6) is 0 Å². The average molecular weight is 192 g/mol. The topological polar surface area (TPSA) is 67.6 Å². The van der Waals surface area contributed by atoms with Crippen LogP contribution in [0.3, 0.4) is 0 Å². The monoisotopic (exact) mass is 192 g/mol. The molecule has 0 fully saturated rings. The van der Waals surface area contributed by atoms with Gasteiger partial charge in [-0.15, -0.1) is 0 Å². The van der Waals surface area contributed by atoms with Gasteiger partial charge in [0.1, 0.15) is 11.9 Å². The summed E-state index contributed by atoms with van der Waals surface area (Å²) in [6.07, 6.45) is 2.69. The molecule has 0 spiro atoms. The van der Waals surface area contributed by atoms with E-state index in [0.29, 0.717) is 0 Å².